The lowest BCUT2D eigenvalue weighted by Gasteiger charge is -2.38. The lowest BCUT2D eigenvalue weighted by molar-refractivity contribution is -0.148. The number of halogens is 2. The van der Waals surface area contributed by atoms with Crippen molar-refractivity contribution in [2.75, 3.05) is 33.3 Å². The second kappa shape index (κ2) is 8.50. The van der Waals surface area contributed by atoms with E-state index in [4.69, 9.17) is 16.3 Å². The van der Waals surface area contributed by atoms with Crippen molar-refractivity contribution in [3.05, 3.63) is 70.5 Å². The Morgan fingerprint density at radius 1 is 1.04 bits per heavy atom. The number of benzene rings is 2. The first-order valence-corrected chi connectivity index (χ1v) is 9.01. The van der Waals surface area contributed by atoms with E-state index in [1.165, 1.54) is 19.2 Å². The van der Waals surface area contributed by atoms with Gasteiger partial charge in [0.2, 0.25) is 0 Å². The molecule has 7 heteroatoms. The summed E-state index contributed by atoms with van der Waals surface area (Å²) >= 11 is 6.28. The van der Waals surface area contributed by atoms with Crippen molar-refractivity contribution in [3.8, 4) is 0 Å². The molecule has 0 aliphatic carbocycles. The van der Waals surface area contributed by atoms with Crippen LogP contribution in [-0.4, -0.2) is 55.0 Å². The zero-order valence-corrected chi connectivity index (χ0v) is 15.7. The quantitative estimate of drug-likeness (QED) is 0.752. The van der Waals surface area contributed by atoms with Crippen LogP contribution in [0.2, 0.25) is 5.02 Å². The number of nitrogens with zero attached hydrogens (tertiary/aromatic N) is 2. The summed E-state index contributed by atoms with van der Waals surface area (Å²) < 4.78 is 18.8. The normalized spacial score (nSPS) is 16.0. The van der Waals surface area contributed by atoms with Gasteiger partial charge in [-0.2, -0.15) is 0 Å². The van der Waals surface area contributed by atoms with Gasteiger partial charge in [-0.15, -0.1) is 0 Å². The predicted octanol–water partition coefficient (Wildman–Crippen LogP) is 3.15. The lowest BCUT2D eigenvalue weighted by atomic mass is 10.0. The third-order valence-corrected chi connectivity index (χ3v) is 5.04. The smallest absolute Gasteiger partial charge is 0.327 e. The molecule has 27 heavy (non-hydrogen) atoms. The van der Waals surface area contributed by atoms with Gasteiger partial charge in [0.1, 0.15) is 11.9 Å². The van der Waals surface area contributed by atoms with E-state index in [1.807, 2.05) is 11.0 Å². The number of esters is 1. The molecule has 1 fully saturated rings. The maximum Gasteiger partial charge on any atom is 0.327 e. The van der Waals surface area contributed by atoms with Crippen LogP contribution in [0.25, 0.3) is 0 Å². The van der Waals surface area contributed by atoms with Crippen molar-refractivity contribution in [1.82, 2.24) is 9.80 Å². The second-order valence-corrected chi connectivity index (χ2v) is 6.66. The Labute approximate surface area is 162 Å². The van der Waals surface area contributed by atoms with E-state index in [9.17, 15) is 14.0 Å². The molecule has 2 aromatic rings. The SMILES string of the molecule is COC(=O)[C@@H](c1ccccc1Cl)N1CCN(C(=O)c2ccccc2F)CC1. The molecule has 1 amide bonds. The molecule has 142 valence electrons. The van der Waals surface area contributed by atoms with Gasteiger partial charge in [0.15, 0.2) is 0 Å². The Hall–Kier alpha value is -2.44. The van der Waals surface area contributed by atoms with Crippen molar-refractivity contribution < 1.29 is 18.7 Å². The Kier molecular flexibility index (Phi) is 6.08. The number of carbonyl (C=O) groups is 2. The van der Waals surface area contributed by atoms with Gasteiger partial charge in [-0.1, -0.05) is 41.9 Å². The number of hydrogen-bond acceptors (Lipinski definition) is 4. The van der Waals surface area contributed by atoms with Gasteiger partial charge in [-0.25, -0.2) is 9.18 Å². The third-order valence-electron chi connectivity index (χ3n) is 4.70. The van der Waals surface area contributed by atoms with Crippen molar-refractivity contribution in [3.63, 3.8) is 0 Å². The summed E-state index contributed by atoms with van der Waals surface area (Å²) in [5, 5.41) is 0.484. The molecule has 0 radical (unpaired) electrons. The van der Waals surface area contributed by atoms with Crippen LogP contribution in [0.4, 0.5) is 4.39 Å². The van der Waals surface area contributed by atoms with Crippen LogP contribution >= 0.6 is 11.6 Å². The van der Waals surface area contributed by atoms with Crippen molar-refractivity contribution >= 4 is 23.5 Å². The number of ether oxygens (including phenoxy) is 1. The van der Waals surface area contributed by atoms with Crippen LogP contribution in [0.3, 0.4) is 0 Å². The molecule has 2 aromatic carbocycles. The topological polar surface area (TPSA) is 49.9 Å². The minimum atomic E-state index is -0.644. The Morgan fingerprint density at radius 3 is 2.30 bits per heavy atom. The highest BCUT2D eigenvalue weighted by Gasteiger charge is 2.34. The molecule has 0 saturated carbocycles. The van der Waals surface area contributed by atoms with Crippen molar-refractivity contribution in [2.24, 2.45) is 0 Å². The molecule has 1 aliphatic rings. The lowest BCUT2D eigenvalue weighted by Crippen LogP contribution is -2.51. The van der Waals surface area contributed by atoms with Gasteiger partial charge < -0.3 is 9.64 Å². The van der Waals surface area contributed by atoms with E-state index in [-0.39, 0.29) is 11.5 Å². The van der Waals surface area contributed by atoms with E-state index < -0.39 is 17.8 Å². The van der Waals surface area contributed by atoms with Crippen LogP contribution in [0.5, 0.6) is 0 Å². The van der Waals surface area contributed by atoms with E-state index in [2.05, 4.69) is 0 Å². The highest BCUT2D eigenvalue weighted by molar-refractivity contribution is 6.31. The van der Waals surface area contributed by atoms with Crippen LogP contribution in [-0.2, 0) is 9.53 Å². The van der Waals surface area contributed by atoms with Crippen molar-refractivity contribution in [1.29, 1.82) is 0 Å². The molecule has 5 nitrogen and oxygen atoms in total. The van der Waals surface area contributed by atoms with Gasteiger partial charge in [0, 0.05) is 31.2 Å². The highest BCUT2D eigenvalue weighted by Crippen LogP contribution is 2.29. The third kappa shape index (κ3) is 4.12. The fourth-order valence-electron chi connectivity index (χ4n) is 3.27. The summed E-state index contributed by atoms with van der Waals surface area (Å²) in [7, 11) is 1.34. The van der Waals surface area contributed by atoms with Gasteiger partial charge in [0.05, 0.1) is 12.7 Å². The summed E-state index contributed by atoms with van der Waals surface area (Å²) in [5.74, 6) is -1.29. The molecule has 0 spiro atoms. The minimum Gasteiger partial charge on any atom is -0.468 e. The number of piperazine rings is 1. The fraction of sp³-hybridized carbons (Fsp3) is 0.300. The second-order valence-electron chi connectivity index (χ2n) is 6.26. The Morgan fingerprint density at radius 2 is 1.67 bits per heavy atom. The predicted molar refractivity (Wildman–Crippen MR) is 100 cm³/mol. The number of carbonyl (C=O) groups excluding carboxylic acids is 2. The zero-order valence-electron chi connectivity index (χ0n) is 14.9. The highest BCUT2D eigenvalue weighted by atomic mass is 35.5. The summed E-state index contributed by atoms with van der Waals surface area (Å²) in [6.45, 7) is 1.66. The Balaban J connectivity index is 1.75. The van der Waals surface area contributed by atoms with Crippen LogP contribution in [0.1, 0.15) is 22.0 Å². The summed E-state index contributed by atoms with van der Waals surface area (Å²) in [5.41, 5.74) is 0.724. The molecule has 0 unspecified atom stereocenters. The minimum absolute atomic E-state index is 0.0570. The maximum absolute atomic E-state index is 13.9. The zero-order chi connectivity index (χ0) is 19.4. The van der Waals surface area contributed by atoms with Gasteiger partial charge in [-0.05, 0) is 23.8 Å². The van der Waals surface area contributed by atoms with E-state index in [1.54, 1.807) is 35.2 Å². The molecule has 1 saturated heterocycles. The van der Waals surface area contributed by atoms with Gasteiger partial charge in [-0.3, -0.25) is 9.69 Å². The largest absolute Gasteiger partial charge is 0.468 e. The van der Waals surface area contributed by atoms with Gasteiger partial charge >= 0.3 is 5.97 Å². The molecule has 1 atom stereocenters. The molecule has 0 aromatic heterocycles. The maximum atomic E-state index is 13.9. The van der Waals surface area contributed by atoms with E-state index >= 15 is 0 Å². The molecule has 3 rings (SSSR count). The van der Waals surface area contributed by atoms with Crippen LogP contribution in [0, 0.1) is 5.82 Å². The first-order valence-electron chi connectivity index (χ1n) is 8.63. The van der Waals surface area contributed by atoms with Crippen LogP contribution in [0.15, 0.2) is 48.5 Å². The first-order chi connectivity index (χ1) is 13.0. The molecule has 1 aliphatic heterocycles. The average Bonchev–Trinajstić information content (AvgIpc) is 2.70. The van der Waals surface area contributed by atoms with Crippen LogP contribution < -0.4 is 0 Å². The molecule has 1 heterocycles. The van der Waals surface area contributed by atoms with E-state index in [0.29, 0.717) is 36.8 Å². The fourth-order valence-corrected chi connectivity index (χ4v) is 3.51. The number of rotatable bonds is 4. The molecule has 0 bridgehead atoms. The summed E-state index contributed by atoms with van der Waals surface area (Å²) in [6.07, 6.45) is 0. The number of amides is 1. The standard InChI is InChI=1S/C20H20ClFN2O3/c1-27-20(26)18(14-6-2-4-8-16(14)21)23-10-12-24(13-11-23)19(25)15-7-3-5-9-17(15)22/h2-9,18H,10-13H2,1H3/t18-/m1/s1. The molecular weight excluding hydrogens is 371 g/mol. The Bertz CT molecular complexity index is 837. The monoisotopic (exact) mass is 390 g/mol. The number of hydrogen-bond donors (Lipinski definition) is 0. The number of methoxy groups -OCH3 is 1. The summed E-state index contributed by atoms with van der Waals surface area (Å²) in [6, 6.07) is 12.4. The van der Waals surface area contributed by atoms with Gasteiger partial charge in [0.25, 0.3) is 5.91 Å². The average molecular weight is 391 g/mol. The molecule has 0 N–H and O–H groups in total. The first kappa shape index (κ1) is 19.3. The van der Waals surface area contributed by atoms with Crippen molar-refractivity contribution in [2.45, 2.75) is 6.04 Å². The summed E-state index contributed by atoms with van der Waals surface area (Å²) in [4.78, 5) is 28.5. The molecular formula is C20H20ClFN2O3. The van der Waals surface area contributed by atoms with E-state index in [0.717, 1.165) is 0 Å².